The number of hydrogen-bond acceptors (Lipinski definition) is 3. The van der Waals surface area contributed by atoms with Crippen molar-refractivity contribution in [3.05, 3.63) is 28.8 Å². The molecule has 0 aliphatic carbocycles. The van der Waals surface area contributed by atoms with Gasteiger partial charge in [0.2, 0.25) is 5.91 Å². The van der Waals surface area contributed by atoms with E-state index in [4.69, 9.17) is 21.4 Å². The third-order valence-corrected chi connectivity index (χ3v) is 2.51. The molecule has 2 N–H and O–H groups in total. The Morgan fingerprint density at radius 1 is 1.59 bits per heavy atom. The van der Waals surface area contributed by atoms with E-state index >= 15 is 0 Å². The Balaban J connectivity index is 2.73. The van der Waals surface area contributed by atoms with Crippen molar-refractivity contribution < 1.29 is 14.6 Å². The van der Waals surface area contributed by atoms with E-state index in [0.717, 1.165) is 5.56 Å². The lowest BCUT2D eigenvalue weighted by Gasteiger charge is -2.12. The van der Waals surface area contributed by atoms with Crippen molar-refractivity contribution in [3.8, 4) is 5.75 Å². The molecule has 0 saturated carbocycles. The predicted molar refractivity (Wildman–Crippen MR) is 66.4 cm³/mol. The smallest absolute Gasteiger partial charge is 0.224 e. The first kappa shape index (κ1) is 13.8. The van der Waals surface area contributed by atoms with Gasteiger partial charge < -0.3 is 15.2 Å². The number of ether oxygens (including phenoxy) is 1. The van der Waals surface area contributed by atoms with Gasteiger partial charge in [-0.05, 0) is 25.1 Å². The zero-order valence-electron chi connectivity index (χ0n) is 9.87. The average molecular weight is 258 g/mol. The van der Waals surface area contributed by atoms with Crippen molar-refractivity contribution in [2.75, 3.05) is 13.7 Å². The molecule has 17 heavy (non-hydrogen) atoms. The molecule has 0 aromatic heterocycles. The van der Waals surface area contributed by atoms with Crippen molar-refractivity contribution in [1.82, 2.24) is 5.32 Å². The summed E-state index contributed by atoms with van der Waals surface area (Å²) in [6.07, 6.45) is 0.175. The van der Waals surface area contributed by atoms with Crippen LogP contribution >= 0.6 is 11.6 Å². The lowest BCUT2D eigenvalue weighted by molar-refractivity contribution is -0.121. The van der Waals surface area contributed by atoms with E-state index < -0.39 is 0 Å². The molecular weight excluding hydrogens is 242 g/mol. The number of nitrogens with one attached hydrogen (secondary N) is 1. The van der Waals surface area contributed by atoms with Gasteiger partial charge in [0.15, 0.2) is 0 Å². The third kappa shape index (κ3) is 4.24. The highest BCUT2D eigenvalue weighted by Crippen LogP contribution is 2.22. The van der Waals surface area contributed by atoms with Gasteiger partial charge in [0.05, 0.1) is 20.1 Å². The summed E-state index contributed by atoms with van der Waals surface area (Å²) in [5, 5.41) is 12.1. The molecule has 1 aromatic carbocycles. The normalized spacial score (nSPS) is 12.0. The van der Waals surface area contributed by atoms with Gasteiger partial charge >= 0.3 is 0 Å². The van der Waals surface area contributed by atoms with Crippen LogP contribution in [-0.4, -0.2) is 30.8 Å². The molecule has 0 saturated heterocycles. The molecule has 1 unspecified atom stereocenters. The zero-order chi connectivity index (χ0) is 12.8. The van der Waals surface area contributed by atoms with E-state index in [1.54, 1.807) is 32.2 Å². The summed E-state index contributed by atoms with van der Waals surface area (Å²) in [7, 11) is 1.54. The summed E-state index contributed by atoms with van der Waals surface area (Å²) in [6.45, 7) is 1.64. The minimum Gasteiger partial charge on any atom is -0.496 e. The summed E-state index contributed by atoms with van der Waals surface area (Å²) in [5.74, 6) is 0.452. The maximum atomic E-state index is 11.6. The van der Waals surface area contributed by atoms with E-state index in [9.17, 15) is 4.79 Å². The van der Waals surface area contributed by atoms with Crippen LogP contribution in [0, 0.1) is 0 Å². The Bertz CT molecular complexity index is 395. The Labute approximate surface area is 106 Å². The lowest BCUT2D eigenvalue weighted by atomic mass is 10.1. The van der Waals surface area contributed by atoms with Crippen molar-refractivity contribution in [2.45, 2.75) is 19.4 Å². The molecule has 1 amide bonds. The molecule has 1 rings (SSSR count). The second-order valence-corrected chi connectivity index (χ2v) is 4.22. The monoisotopic (exact) mass is 257 g/mol. The Morgan fingerprint density at radius 2 is 2.29 bits per heavy atom. The second-order valence-electron chi connectivity index (χ2n) is 3.78. The van der Waals surface area contributed by atoms with Crippen LogP contribution in [0.2, 0.25) is 5.02 Å². The number of aliphatic hydroxyl groups excluding tert-OH is 1. The molecule has 0 bridgehead atoms. The largest absolute Gasteiger partial charge is 0.496 e. The molecular formula is C12H16ClNO3. The first-order valence-corrected chi connectivity index (χ1v) is 5.67. The Hall–Kier alpha value is -1.26. The van der Waals surface area contributed by atoms with Crippen molar-refractivity contribution in [3.63, 3.8) is 0 Å². The molecule has 4 nitrogen and oxygen atoms in total. The SMILES string of the molecule is COc1ccc(Cl)cc1CC(=O)NC(C)CO. The lowest BCUT2D eigenvalue weighted by Crippen LogP contribution is -2.36. The number of carbonyl (C=O) groups excluding carboxylic acids is 1. The zero-order valence-corrected chi connectivity index (χ0v) is 10.6. The number of amides is 1. The van der Waals surface area contributed by atoms with Crippen LogP contribution in [0.5, 0.6) is 5.75 Å². The molecule has 0 radical (unpaired) electrons. The molecule has 0 spiro atoms. The number of methoxy groups -OCH3 is 1. The van der Waals surface area contributed by atoms with Crippen LogP contribution in [0.25, 0.3) is 0 Å². The highest BCUT2D eigenvalue weighted by Gasteiger charge is 2.11. The topological polar surface area (TPSA) is 58.6 Å². The minimum atomic E-state index is -0.257. The number of halogens is 1. The Morgan fingerprint density at radius 3 is 2.88 bits per heavy atom. The first-order chi connectivity index (χ1) is 8.06. The summed E-state index contributed by atoms with van der Waals surface area (Å²) in [5.41, 5.74) is 0.725. The highest BCUT2D eigenvalue weighted by molar-refractivity contribution is 6.30. The summed E-state index contributed by atoms with van der Waals surface area (Å²) >= 11 is 5.86. The average Bonchev–Trinajstić information content (AvgIpc) is 2.29. The Kier molecular flexibility index (Phi) is 5.25. The molecule has 5 heteroatoms. The van der Waals surface area contributed by atoms with Gasteiger partial charge in [0.1, 0.15) is 5.75 Å². The molecule has 0 heterocycles. The number of rotatable bonds is 5. The van der Waals surface area contributed by atoms with Gasteiger partial charge in [-0.1, -0.05) is 11.6 Å². The predicted octanol–water partition coefficient (Wildman–Crippen LogP) is 1.39. The van der Waals surface area contributed by atoms with Crippen LogP contribution < -0.4 is 10.1 Å². The van der Waals surface area contributed by atoms with E-state index in [0.29, 0.717) is 10.8 Å². The fourth-order valence-corrected chi connectivity index (χ4v) is 1.62. The van der Waals surface area contributed by atoms with Gasteiger partial charge in [-0.15, -0.1) is 0 Å². The highest BCUT2D eigenvalue weighted by atomic mass is 35.5. The van der Waals surface area contributed by atoms with Gasteiger partial charge in [-0.3, -0.25) is 4.79 Å². The standard InChI is InChI=1S/C12H16ClNO3/c1-8(7-15)14-12(16)6-9-5-10(13)3-4-11(9)17-2/h3-5,8,15H,6-7H2,1-2H3,(H,14,16). The summed E-state index contributed by atoms with van der Waals surface area (Å²) < 4.78 is 5.14. The maximum Gasteiger partial charge on any atom is 0.224 e. The van der Waals surface area contributed by atoms with E-state index in [1.165, 1.54) is 0 Å². The fraction of sp³-hybridized carbons (Fsp3) is 0.417. The molecule has 0 fully saturated rings. The van der Waals surface area contributed by atoms with Crippen LogP contribution in [0.15, 0.2) is 18.2 Å². The van der Waals surface area contributed by atoms with E-state index in [2.05, 4.69) is 5.32 Å². The van der Waals surface area contributed by atoms with Gasteiger partial charge in [0.25, 0.3) is 0 Å². The van der Waals surface area contributed by atoms with Crippen LogP contribution in [0.1, 0.15) is 12.5 Å². The van der Waals surface area contributed by atoms with Crippen molar-refractivity contribution in [1.29, 1.82) is 0 Å². The van der Waals surface area contributed by atoms with Gasteiger partial charge in [-0.25, -0.2) is 0 Å². The number of hydrogen-bond donors (Lipinski definition) is 2. The maximum absolute atomic E-state index is 11.6. The number of carbonyl (C=O) groups is 1. The number of aliphatic hydroxyl groups is 1. The molecule has 1 atom stereocenters. The quantitative estimate of drug-likeness (QED) is 0.838. The number of benzene rings is 1. The van der Waals surface area contributed by atoms with E-state index in [-0.39, 0.29) is 25.0 Å². The van der Waals surface area contributed by atoms with E-state index in [1.807, 2.05) is 0 Å². The second kappa shape index (κ2) is 6.47. The van der Waals surface area contributed by atoms with Crippen molar-refractivity contribution in [2.24, 2.45) is 0 Å². The van der Waals surface area contributed by atoms with Crippen LogP contribution in [0.4, 0.5) is 0 Å². The van der Waals surface area contributed by atoms with Crippen LogP contribution in [0.3, 0.4) is 0 Å². The molecule has 94 valence electrons. The van der Waals surface area contributed by atoms with Gasteiger partial charge in [0, 0.05) is 16.6 Å². The first-order valence-electron chi connectivity index (χ1n) is 5.29. The summed E-state index contributed by atoms with van der Waals surface area (Å²) in [6, 6.07) is 4.87. The molecule has 1 aromatic rings. The van der Waals surface area contributed by atoms with Crippen LogP contribution in [-0.2, 0) is 11.2 Å². The van der Waals surface area contributed by atoms with Crippen molar-refractivity contribution >= 4 is 17.5 Å². The molecule has 0 aliphatic heterocycles. The summed E-state index contributed by atoms with van der Waals surface area (Å²) in [4.78, 5) is 11.6. The fourth-order valence-electron chi connectivity index (χ4n) is 1.43. The third-order valence-electron chi connectivity index (χ3n) is 2.27. The minimum absolute atomic E-state index is 0.0849. The van der Waals surface area contributed by atoms with Gasteiger partial charge in [-0.2, -0.15) is 0 Å². The molecule has 0 aliphatic rings.